The van der Waals surface area contributed by atoms with Crippen LogP contribution in [-0.2, 0) is 9.53 Å². The normalized spacial score (nSPS) is 13.9. The van der Waals surface area contributed by atoms with Crippen molar-refractivity contribution < 1.29 is 14.3 Å². The topological polar surface area (TPSA) is 66.2 Å². The molecule has 0 saturated heterocycles. The van der Waals surface area contributed by atoms with Crippen LogP contribution in [-0.4, -0.2) is 32.9 Å². The van der Waals surface area contributed by atoms with Gasteiger partial charge in [0.2, 0.25) is 0 Å². The molecule has 142 valence electrons. The summed E-state index contributed by atoms with van der Waals surface area (Å²) < 4.78 is 13.7. The summed E-state index contributed by atoms with van der Waals surface area (Å²) in [6.45, 7) is 9.77. The number of benzene rings is 1. The Morgan fingerprint density at radius 1 is 1.27 bits per heavy atom. The van der Waals surface area contributed by atoms with Crippen molar-refractivity contribution in [1.82, 2.24) is 14.8 Å². The van der Waals surface area contributed by atoms with E-state index in [-0.39, 0.29) is 23.6 Å². The minimum Gasteiger partial charge on any atom is -0.484 e. The lowest BCUT2D eigenvalue weighted by Gasteiger charge is -2.36. The van der Waals surface area contributed by atoms with Crippen LogP contribution in [0, 0.1) is 5.41 Å². The second-order valence-corrected chi connectivity index (χ2v) is 7.50. The third kappa shape index (κ3) is 5.31. The fourth-order valence-electron chi connectivity index (χ4n) is 2.91. The van der Waals surface area contributed by atoms with Crippen LogP contribution in [0.5, 0.6) is 5.75 Å². The number of ether oxygens (including phenoxy) is 2. The van der Waals surface area contributed by atoms with Crippen LogP contribution in [0.1, 0.15) is 53.9 Å². The van der Waals surface area contributed by atoms with Gasteiger partial charge in [-0.3, -0.25) is 4.79 Å². The molecule has 0 saturated carbocycles. The molecule has 0 spiro atoms. The lowest BCUT2D eigenvalue weighted by Crippen LogP contribution is -2.44. The molecule has 1 aromatic heterocycles. The van der Waals surface area contributed by atoms with Gasteiger partial charge >= 0.3 is 5.97 Å². The van der Waals surface area contributed by atoms with Crippen molar-refractivity contribution in [1.29, 1.82) is 0 Å². The Hall–Kier alpha value is -2.37. The van der Waals surface area contributed by atoms with Crippen molar-refractivity contribution in [3.8, 4) is 11.4 Å². The lowest BCUT2D eigenvalue weighted by atomic mass is 9.84. The Balaban J connectivity index is 2.34. The van der Waals surface area contributed by atoms with Crippen molar-refractivity contribution in [2.75, 3.05) is 0 Å². The molecule has 0 aliphatic carbocycles. The van der Waals surface area contributed by atoms with Gasteiger partial charge in [0, 0.05) is 12.3 Å². The molecule has 26 heavy (non-hydrogen) atoms. The van der Waals surface area contributed by atoms with Gasteiger partial charge < -0.3 is 9.47 Å². The first-order valence-electron chi connectivity index (χ1n) is 9.10. The molecule has 0 amide bonds. The Kier molecular flexibility index (Phi) is 6.77. The Morgan fingerprint density at radius 2 is 2.00 bits per heavy atom. The third-order valence-electron chi connectivity index (χ3n) is 4.14. The predicted octanol–water partition coefficient (Wildman–Crippen LogP) is 4.18. The fourth-order valence-corrected chi connectivity index (χ4v) is 2.91. The molecule has 2 atom stereocenters. The minimum atomic E-state index is -0.352. The zero-order valence-corrected chi connectivity index (χ0v) is 16.3. The monoisotopic (exact) mass is 359 g/mol. The molecule has 2 rings (SSSR count). The molecule has 0 aliphatic heterocycles. The van der Waals surface area contributed by atoms with E-state index in [4.69, 9.17) is 9.47 Å². The molecule has 6 nitrogen and oxygen atoms in total. The van der Waals surface area contributed by atoms with Crippen molar-refractivity contribution in [2.45, 2.75) is 66.1 Å². The van der Waals surface area contributed by atoms with Crippen LogP contribution >= 0.6 is 0 Å². The van der Waals surface area contributed by atoms with Gasteiger partial charge in [-0.15, -0.1) is 0 Å². The van der Waals surface area contributed by atoms with E-state index in [1.807, 2.05) is 24.3 Å². The number of hydrogen-bond acceptors (Lipinski definition) is 5. The summed E-state index contributed by atoms with van der Waals surface area (Å²) in [6, 6.07) is 7.69. The summed E-state index contributed by atoms with van der Waals surface area (Å²) in [6.07, 6.45) is 5.36. The maximum atomic E-state index is 11.7. The molecule has 0 fully saturated rings. The third-order valence-corrected chi connectivity index (χ3v) is 4.14. The molecule has 0 radical (unpaired) electrons. The minimum absolute atomic E-state index is 0.244. The average molecular weight is 359 g/mol. The summed E-state index contributed by atoms with van der Waals surface area (Å²) in [5.41, 5.74) is 0.564. The van der Waals surface area contributed by atoms with Crippen LogP contribution in [0.4, 0.5) is 0 Å². The van der Waals surface area contributed by atoms with Crippen LogP contribution in [0.3, 0.4) is 0 Å². The molecule has 0 N–H and O–H groups in total. The zero-order valence-electron chi connectivity index (χ0n) is 16.3. The molecule has 0 aliphatic rings. The van der Waals surface area contributed by atoms with Crippen molar-refractivity contribution in [3.63, 3.8) is 0 Å². The summed E-state index contributed by atoms with van der Waals surface area (Å²) in [7, 11) is 0. The largest absolute Gasteiger partial charge is 0.484 e. The van der Waals surface area contributed by atoms with E-state index in [0.29, 0.717) is 5.75 Å². The van der Waals surface area contributed by atoms with E-state index in [9.17, 15) is 4.79 Å². The highest BCUT2D eigenvalue weighted by Crippen LogP contribution is 2.32. The van der Waals surface area contributed by atoms with E-state index in [0.717, 1.165) is 24.9 Å². The van der Waals surface area contributed by atoms with Crippen LogP contribution in [0.2, 0.25) is 0 Å². The average Bonchev–Trinajstić information content (AvgIpc) is 3.10. The Labute approximate surface area is 155 Å². The highest BCUT2D eigenvalue weighted by atomic mass is 16.6. The number of aromatic nitrogens is 3. The highest BCUT2D eigenvalue weighted by molar-refractivity contribution is 5.66. The van der Waals surface area contributed by atoms with E-state index in [1.165, 1.54) is 13.3 Å². The van der Waals surface area contributed by atoms with Crippen molar-refractivity contribution in [2.24, 2.45) is 5.41 Å². The van der Waals surface area contributed by atoms with E-state index in [1.54, 1.807) is 11.0 Å². The fraction of sp³-hybridized carbons (Fsp3) is 0.550. The van der Waals surface area contributed by atoms with Gasteiger partial charge in [-0.2, -0.15) is 5.10 Å². The summed E-state index contributed by atoms with van der Waals surface area (Å²) in [5, 5.41) is 4.20. The van der Waals surface area contributed by atoms with E-state index in [2.05, 4.69) is 37.8 Å². The summed E-state index contributed by atoms with van der Waals surface area (Å²) >= 11 is 0. The second kappa shape index (κ2) is 8.83. The van der Waals surface area contributed by atoms with Gasteiger partial charge in [0.1, 0.15) is 36.3 Å². The molecule has 1 aromatic carbocycles. The van der Waals surface area contributed by atoms with E-state index < -0.39 is 0 Å². The van der Waals surface area contributed by atoms with Crippen LogP contribution < -0.4 is 4.74 Å². The molecule has 6 heteroatoms. The van der Waals surface area contributed by atoms with Crippen LogP contribution in [0.15, 0.2) is 36.9 Å². The second-order valence-electron chi connectivity index (χ2n) is 7.50. The number of para-hydroxylation sites is 2. The lowest BCUT2D eigenvalue weighted by molar-refractivity contribution is -0.160. The molecule has 1 heterocycles. The van der Waals surface area contributed by atoms with E-state index >= 15 is 0 Å². The molecular weight excluding hydrogens is 330 g/mol. The Morgan fingerprint density at radius 3 is 2.58 bits per heavy atom. The Bertz CT molecular complexity index is 693. The smallest absolute Gasteiger partial charge is 0.303 e. The highest BCUT2D eigenvalue weighted by Gasteiger charge is 2.36. The SMILES string of the molecule is CCCCC(Oc1ccccc1-n1cncn1)C(OC(C)=O)C(C)(C)C. The number of nitrogens with zero attached hydrogens (tertiary/aromatic N) is 3. The molecule has 2 unspecified atom stereocenters. The number of esters is 1. The number of carbonyl (C=O) groups is 1. The van der Waals surface area contributed by atoms with Crippen molar-refractivity contribution in [3.05, 3.63) is 36.9 Å². The van der Waals surface area contributed by atoms with Gasteiger partial charge in [-0.05, 0) is 25.0 Å². The van der Waals surface area contributed by atoms with Crippen LogP contribution in [0.25, 0.3) is 5.69 Å². The van der Waals surface area contributed by atoms with Gasteiger partial charge in [0.15, 0.2) is 0 Å². The van der Waals surface area contributed by atoms with Gasteiger partial charge in [0.05, 0.1) is 0 Å². The van der Waals surface area contributed by atoms with Gasteiger partial charge in [-0.25, -0.2) is 9.67 Å². The first kappa shape index (κ1) is 19.9. The first-order valence-corrected chi connectivity index (χ1v) is 9.10. The number of rotatable bonds is 8. The maximum absolute atomic E-state index is 11.7. The maximum Gasteiger partial charge on any atom is 0.303 e. The molecule has 0 bridgehead atoms. The molecule has 2 aromatic rings. The zero-order chi connectivity index (χ0) is 19.2. The van der Waals surface area contributed by atoms with Crippen molar-refractivity contribution >= 4 is 5.97 Å². The number of carbonyl (C=O) groups excluding carboxylic acids is 1. The van der Waals surface area contributed by atoms with Gasteiger partial charge in [-0.1, -0.05) is 46.2 Å². The predicted molar refractivity (Wildman–Crippen MR) is 100 cm³/mol. The number of unbranched alkanes of at least 4 members (excludes halogenated alkanes) is 1. The quantitative estimate of drug-likeness (QED) is 0.661. The summed E-state index contributed by atoms with van der Waals surface area (Å²) in [5.74, 6) is 0.403. The van der Waals surface area contributed by atoms with Gasteiger partial charge in [0.25, 0.3) is 0 Å². The first-order chi connectivity index (χ1) is 12.3. The molecular formula is C20H29N3O3. The standard InChI is InChI=1S/C20H29N3O3/c1-6-7-11-18(19(20(3,4)5)25-15(2)24)26-17-12-9-8-10-16(17)23-14-21-13-22-23/h8-10,12-14,18-19H,6-7,11H2,1-5H3. The number of hydrogen-bond donors (Lipinski definition) is 0. The summed E-state index contributed by atoms with van der Waals surface area (Å²) in [4.78, 5) is 15.7.